The summed E-state index contributed by atoms with van der Waals surface area (Å²) >= 11 is 0. The summed E-state index contributed by atoms with van der Waals surface area (Å²) < 4.78 is 20.4. The van der Waals surface area contributed by atoms with Gasteiger partial charge in [0.25, 0.3) is 0 Å². The Labute approximate surface area is 120 Å². The first kappa shape index (κ1) is 13.3. The second-order valence-electron chi connectivity index (χ2n) is 4.73. The van der Waals surface area contributed by atoms with Crippen LogP contribution in [0.3, 0.4) is 0 Å². The lowest BCUT2D eigenvalue weighted by Gasteiger charge is -2.09. The molecule has 1 aromatic carbocycles. The Morgan fingerprint density at radius 3 is 2.95 bits per heavy atom. The van der Waals surface area contributed by atoms with Crippen LogP contribution in [0.4, 0.5) is 10.2 Å². The zero-order valence-electron chi connectivity index (χ0n) is 11.7. The Morgan fingerprint density at radius 1 is 1.33 bits per heavy atom. The number of nitrogens with zero attached hydrogens (tertiary/aromatic N) is 4. The van der Waals surface area contributed by atoms with Gasteiger partial charge in [0.05, 0.1) is 11.6 Å². The number of nitrogen functional groups attached to an aromatic ring is 1. The third-order valence-electron chi connectivity index (χ3n) is 3.17. The molecule has 2 heterocycles. The molecule has 2 N–H and O–H groups in total. The molecule has 6 nitrogen and oxygen atoms in total. The highest BCUT2D eigenvalue weighted by molar-refractivity contribution is 5.84. The first-order valence-corrected chi connectivity index (χ1v) is 6.37. The van der Waals surface area contributed by atoms with E-state index in [0.717, 1.165) is 5.56 Å². The van der Waals surface area contributed by atoms with Gasteiger partial charge in [0, 0.05) is 13.1 Å². The van der Waals surface area contributed by atoms with Crippen molar-refractivity contribution in [3.63, 3.8) is 0 Å². The monoisotopic (exact) mass is 287 g/mol. The topological polar surface area (TPSA) is 78.9 Å². The Bertz CT molecular complexity index is 814. The predicted octanol–water partition coefficient (Wildman–Crippen LogP) is 1.97. The number of fused-ring (bicyclic) bond motifs is 1. The molecule has 0 atom stereocenters. The quantitative estimate of drug-likeness (QED) is 0.796. The molecule has 0 radical (unpaired) electrons. The molecule has 108 valence electrons. The summed E-state index contributed by atoms with van der Waals surface area (Å²) in [7, 11) is 1.77. The number of halogens is 1. The Morgan fingerprint density at radius 2 is 2.14 bits per heavy atom. The molecule has 2 aromatic heterocycles. The summed E-state index contributed by atoms with van der Waals surface area (Å²) in [4.78, 5) is 8.53. The van der Waals surface area contributed by atoms with Gasteiger partial charge < -0.3 is 10.5 Å². The van der Waals surface area contributed by atoms with Crippen molar-refractivity contribution in [3.05, 3.63) is 41.6 Å². The van der Waals surface area contributed by atoms with Crippen LogP contribution in [0.15, 0.2) is 24.4 Å². The summed E-state index contributed by atoms with van der Waals surface area (Å²) in [6, 6.07) is 4.38. The van der Waals surface area contributed by atoms with Gasteiger partial charge in [-0.1, -0.05) is 6.07 Å². The Kier molecular flexibility index (Phi) is 3.17. The summed E-state index contributed by atoms with van der Waals surface area (Å²) in [5, 5.41) is 4.78. The molecule has 21 heavy (non-hydrogen) atoms. The molecule has 0 spiro atoms. The second-order valence-corrected chi connectivity index (χ2v) is 4.73. The molecule has 7 heteroatoms. The van der Waals surface area contributed by atoms with Gasteiger partial charge in [-0.3, -0.25) is 4.68 Å². The van der Waals surface area contributed by atoms with Crippen molar-refractivity contribution < 1.29 is 9.13 Å². The first-order valence-electron chi connectivity index (χ1n) is 6.37. The normalized spacial score (nSPS) is 11.0. The van der Waals surface area contributed by atoms with Gasteiger partial charge in [0.2, 0.25) is 0 Å². The number of benzene rings is 1. The van der Waals surface area contributed by atoms with E-state index in [1.165, 1.54) is 12.1 Å². The van der Waals surface area contributed by atoms with Crippen LogP contribution in [0.1, 0.15) is 11.4 Å². The van der Waals surface area contributed by atoms with Crippen LogP contribution in [-0.4, -0.2) is 19.7 Å². The summed E-state index contributed by atoms with van der Waals surface area (Å²) in [6.07, 6.45) is 1.62. The lowest BCUT2D eigenvalue weighted by Crippen LogP contribution is -2.06. The smallest absolute Gasteiger partial charge is 0.170 e. The number of aryl methyl sites for hydroxylation is 2. The summed E-state index contributed by atoms with van der Waals surface area (Å²) in [6.45, 7) is 1.95. The van der Waals surface area contributed by atoms with E-state index in [2.05, 4.69) is 15.1 Å². The van der Waals surface area contributed by atoms with Crippen molar-refractivity contribution in [1.82, 2.24) is 19.7 Å². The molecular formula is C14H14FN5O. The Hall–Kier alpha value is -2.70. The SMILES string of the molecule is Cc1ccc(F)cc1OCc1nc(N)c2cnn(C)c2n1. The molecule has 0 fully saturated rings. The van der Waals surface area contributed by atoms with E-state index in [1.807, 2.05) is 6.92 Å². The number of aromatic nitrogens is 4. The third-order valence-corrected chi connectivity index (χ3v) is 3.17. The number of ether oxygens (including phenoxy) is 1. The zero-order valence-corrected chi connectivity index (χ0v) is 11.7. The second kappa shape index (κ2) is 5.01. The van der Waals surface area contributed by atoms with E-state index in [1.54, 1.807) is 24.0 Å². The predicted molar refractivity (Wildman–Crippen MR) is 76.2 cm³/mol. The van der Waals surface area contributed by atoms with Gasteiger partial charge in [-0.15, -0.1) is 0 Å². The maximum atomic E-state index is 13.2. The molecule has 3 aromatic rings. The van der Waals surface area contributed by atoms with Gasteiger partial charge in [-0.05, 0) is 18.6 Å². The Balaban J connectivity index is 1.88. The van der Waals surface area contributed by atoms with Crippen molar-refractivity contribution in [2.45, 2.75) is 13.5 Å². The fraction of sp³-hybridized carbons (Fsp3) is 0.214. The minimum absolute atomic E-state index is 0.107. The van der Waals surface area contributed by atoms with Crippen LogP contribution in [0.5, 0.6) is 5.75 Å². The number of rotatable bonds is 3. The maximum Gasteiger partial charge on any atom is 0.170 e. The molecule has 0 saturated heterocycles. The van der Waals surface area contributed by atoms with Crippen molar-refractivity contribution >= 4 is 16.9 Å². The van der Waals surface area contributed by atoms with Crippen LogP contribution in [0.25, 0.3) is 11.0 Å². The highest BCUT2D eigenvalue weighted by atomic mass is 19.1. The van der Waals surface area contributed by atoms with Gasteiger partial charge in [-0.2, -0.15) is 5.10 Å². The fourth-order valence-corrected chi connectivity index (χ4v) is 2.03. The van der Waals surface area contributed by atoms with Crippen molar-refractivity contribution in [1.29, 1.82) is 0 Å². The lowest BCUT2D eigenvalue weighted by atomic mass is 10.2. The summed E-state index contributed by atoms with van der Waals surface area (Å²) in [5.41, 5.74) is 7.35. The molecule has 0 aliphatic carbocycles. The van der Waals surface area contributed by atoms with Crippen molar-refractivity contribution in [3.8, 4) is 5.75 Å². The fourth-order valence-electron chi connectivity index (χ4n) is 2.03. The number of hydrogen-bond donors (Lipinski definition) is 1. The number of nitrogens with two attached hydrogens (primary N) is 1. The average Bonchev–Trinajstić information content (AvgIpc) is 2.82. The van der Waals surface area contributed by atoms with E-state index in [9.17, 15) is 4.39 Å². The van der Waals surface area contributed by atoms with Crippen LogP contribution in [0, 0.1) is 12.7 Å². The minimum Gasteiger partial charge on any atom is -0.485 e. The molecule has 0 unspecified atom stereocenters. The number of anilines is 1. The van der Waals surface area contributed by atoms with E-state index >= 15 is 0 Å². The van der Waals surface area contributed by atoms with Crippen molar-refractivity contribution in [2.24, 2.45) is 7.05 Å². The molecule has 3 rings (SSSR count). The highest BCUT2D eigenvalue weighted by Gasteiger charge is 2.10. The molecule has 0 aliphatic heterocycles. The van der Waals surface area contributed by atoms with Gasteiger partial charge in [0.1, 0.15) is 24.0 Å². The van der Waals surface area contributed by atoms with Gasteiger partial charge >= 0.3 is 0 Å². The third kappa shape index (κ3) is 2.49. The lowest BCUT2D eigenvalue weighted by molar-refractivity contribution is 0.293. The first-order chi connectivity index (χ1) is 10.0. The number of hydrogen-bond acceptors (Lipinski definition) is 5. The van der Waals surface area contributed by atoms with Gasteiger partial charge in [-0.25, -0.2) is 14.4 Å². The van der Waals surface area contributed by atoms with Crippen molar-refractivity contribution in [2.75, 3.05) is 5.73 Å². The standard InChI is InChI=1S/C14H14FN5O/c1-8-3-4-9(15)5-11(8)21-7-12-18-13(16)10-6-17-20(2)14(10)19-12/h3-6H,7H2,1-2H3,(H2,16,18,19). The van der Waals surface area contributed by atoms with E-state index in [-0.39, 0.29) is 12.4 Å². The zero-order chi connectivity index (χ0) is 15.0. The van der Waals surface area contributed by atoms with Crippen LogP contribution >= 0.6 is 0 Å². The van der Waals surface area contributed by atoms with E-state index in [4.69, 9.17) is 10.5 Å². The molecule has 0 bridgehead atoms. The molecular weight excluding hydrogens is 273 g/mol. The van der Waals surface area contributed by atoms with Crippen LogP contribution in [0.2, 0.25) is 0 Å². The average molecular weight is 287 g/mol. The highest BCUT2D eigenvalue weighted by Crippen LogP contribution is 2.21. The minimum atomic E-state index is -0.349. The molecule has 0 saturated carbocycles. The maximum absolute atomic E-state index is 13.2. The van der Waals surface area contributed by atoms with E-state index < -0.39 is 0 Å². The molecule has 0 amide bonds. The van der Waals surface area contributed by atoms with Crippen LogP contribution in [-0.2, 0) is 13.7 Å². The largest absolute Gasteiger partial charge is 0.485 e. The van der Waals surface area contributed by atoms with Crippen LogP contribution < -0.4 is 10.5 Å². The van der Waals surface area contributed by atoms with Gasteiger partial charge in [0.15, 0.2) is 11.5 Å². The summed E-state index contributed by atoms with van der Waals surface area (Å²) in [5.74, 6) is 0.885. The van der Waals surface area contributed by atoms with E-state index in [0.29, 0.717) is 28.4 Å². The molecule has 0 aliphatic rings.